The molecule has 0 aliphatic heterocycles. The van der Waals surface area contributed by atoms with Crippen molar-refractivity contribution in [1.29, 1.82) is 0 Å². The van der Waals surface area contributed by atoms with E-state index in [0.717, 1.165) is 10.9 Å². The number of pyridine rings is 1. The maximum atomic E-state index is 12.3. The second kappa shape index (κ2) is 6.88. The number of carbonyl (C=O) groups is 1. The first-order valence-electron chi connectivity index (χ1n) is 7.28. The van der Waals surface area contributed by atoms with Crippen molar-refractivity contribution < 1.29 is 13.9 Å². The van der Waals surface area contributed by atoms with E-state index in [-0.39, 0.29) is 6.61 Å². The fraction of sp³-hybridized carbons (Fsp3) is 0.167. The van der Waals surface area contributed by atoms with Crippen molar-refractivity contribution in [3.05, 3.63) is 69.7 Å². The Morgan fingerprint density at radius 3 is 2.92 bits per heavy atom. The van der Waals surface area contributed by atoms with Crippen LogP contribution in [-0.2, 0) is 11.3 Å². The van der Waals surface area contributed by atoms with Crippen LogP contribution in [-0.4, -0.2) is 17.2 Å². The molecule has 0 fully saturated rings. The van der Waals surface area contributed by atoms with E-state index in [1.807, 2.05) is 25.3 Å². The number of esters is 1. The topological polar surface area (TPSA) is 69.4 Å². The van der Waals surface area contributed by atoms with Crippen molar-refractivity contribution in [2.75, 3.05) is 6.26 Å². The molecule has 0 atom stereocenters. The highest BCUT2D eigenvalue weighted by atomic mass is 32.2. The van der Waals surface area contributed by atoms with Gasteiger partial charge < -0.3 is 9.15 Å². The van der Waals surface area contributed by atoms with Gasteiger partial charge in [-0.2, -0.15) is 0 Å². The Morgan fingerprint density at radius 2 is 2.12 bits per heavy atom. The summed E-state index contributed by atoms with van der Waals surface area (Å²) in [6, 6.07) is 10.3. The van der Waals surface area contributed by atoms with Gasteiger partial charge in [-0.15, -0.1) is 11.8 Å². The molecule has 1 aromatic carbocycles. The van der Waals surface area contributed by atoms with Crippen molar-refractivity contribution in [2.45, 2.75) is 18.6 Å². The van der Waals surface area contributed by atoms with Crippen molar-refractivity contribution in [2.24, 2.45) is 0 Å². The first-order chi connectivity index (χ1) is 11.6. The molecule has 0 aliphatic carbocycles. The molecule has 0 bridgehead atoms. The Labute approximate surface area is 142 Å². The van der Waals surface area contributed by atoms with Crippen molar-refractivity contribution in [3.8, 4) is 0 Å². The minimum absolute atomic E-state index is 0.00723. The molecule has 0 amide bonds. The molecule has 0 saturated carbocycles. The van der Waals surface area contributed by atoms with Crippen LogP contribution in [0.25, 0.3) is 11.0 Å². The second-order valence-corrected chi connectivity index (χ2v) is 6.02. The van der Waals surface area contributed by atoms with E-state index >= 15 is 0 Å². The summed E-state index contributed by atoms with van der Waals surface area (Å²) in [6.45, 7) is 1.91. The van der Waals surface area contributed by atoms with Crippen LogP contribution in [0.1, 0.15) is 21.5 Å². The van der Waals surface area contributed by atoms with Gasteiger partial charge in [0.25, 0.3) is 0 Å². The van der Waals surface area contributed by atoms with Gasteiger partial charge in [-0.3, -0.25) is 0 Å². The predicted molar refractivity (Wildman–Crippen MR) is 92.4 cm³/mol. The zero-order valence-corrected chi connectivity index (χ0v) is 14.1. The maximum absolute atomic E-state index is 12.3. The van der Waals surface area contributed by atoms with Gasteiger partial charge in [0.15, 0.2) is 0 Å². The molecular formula is C18H15NO4S. The number of thioether (sulfide) groups is 1. The van der Waals surface area contributed by atoms with Crippen LogP contribution in [0, 0.1) is 6.92 Å². The fourth-order valence-corrected chi connectivity index (χ4v) is 2.92. The third-order valence-electron chi connectivity index (χ3n) is 3.53. The molecule has 2 aromatic heterocycles. The van der Waals surface area contributed by atoms with Crippen molar-refractivity contribution in [3.63, 3.8) is 0 Å². The quantitative estimate of drug-likeness (QED) is 0.410. The van der Waals surface area contributed by atoms with Gasteiger partial charge in [0.05, 0.1) is 5.56 Å². The zero-order chi connectivity index (χ0) is 17.1. The highest BCUT2D eigenvalue weighted by molar-refractivity contribution is 7.98. The minimum atomic E-state index is -0.471. The molecule has 6 heteroatoms. The summed E-state index contributed by atoms with van der Waals surface area (Å²) in [5.41, 5.74) is 2.03. The van der Waals surface area contributed by atoms with Crippen LogP contribution in [0.3, 0.4) is 0 Å². The van der Waals surface area contributed by atoms with Gasteiger partial charge in [0.1, 0.15) is 17.2 Å². The Bertz CT molecular complexity index is 965. The molecule has 122 valence electrons. The molecular weight excluding hydrogens is 326 g/mol. The molecule has 0 saturated heterocycles. The summed E-state index contributed by atoms with van der Waals surface area (Å²) >= 11 is 1.38. The number of fused-ring (bicyclic) bond motifs is 1. The number of carbonyl (C=O) groups excluding carboxylic acids is 1. The lowest BCUT2D eigenvalue weighted by Crippen LogP contribution is -2.09. The lowest BCUT2D eigenvalue weighted by Gasteiger charge is -2.09. The van der Waals surface area contributed by atoms with Gasteiger partial charge in [-0.25, -0.2) is 14.6 Å². The number of aryl methyl sites for hydroxylation is 1. The van der Waals surface area contributed by atoms with E-state index in [4.69, 9.17) is 9.15 Å². The number of ether oxygens (including phenoxy) is 1. The van der Waals surface area contributed by atoms with E-state index in [1.54, 1.807) is 24.4 Å². The summed E-state index contributed by atoms with van der Waals surface area (Å²) in [4.78, 5) is 28.2. The van der Waals surface area contributed by atoms with Crippen LogP contribution in [0.4, 0.5) is 0 Å². The summed E-state index contributed by atoms with van der Waals surface area (Å²) < 4.78 is 10.6. The number of hydrogen-bond acceptors (Lipinski definition) is 6. The first kappa shape index (κ1) is 16.3. The molecule has 0 aliphatic rings. The monoisotopic (exact) mass is 341 g/mol. The minimum Gasteiger partial charge on any atom is -0.457 e. The average molecular weight is 341 g/mol. The molecule has 0 N–H and O–H groups in total. The number of rotatable bonds is 4. The molecule has 0 unspecified atom stereocenters. The average Bonchev–Trinajstić information content (AvgIpc) is 2.58. The van der Waals surface area contributed by atoms with Crippen molar-refractivity contribution in [1.82, 2.24) is 4.98 Å². The number of hydrogen-bond donors (Lipinski definition) is 0. The van der Waals surface area contributed by atoms with E-state index in [0.29, 0.717) is 21.7 Å². The second-order valence-electron chi connectivity index (χ2n) is 5.23. The van der Waals surface area contributed by atoms with Crippen LogP contribution in [0.15, 0.2) is 56.8 Å². The molecule has 2 heterocycles. The lowest BCUT2D eigenvalue weighted by atomic mass is 10.1. The lowest BCUT2D eigenvalue weighted by molar-refractivity contribution is 0.0468. The maximum Gasteiger partial charge on any atom is 0.341 e. The summed E-state index contributed by atoms with van der Waals surface area (Å²) in [5.74, 6) is -0.471. The Hall–Kier alpha value is -2.60. The third kappa shape index (κ3) is 3.33. The van der Waals surface area contributed by atoms with E-state index in [2.05, 4.69) is 4.98 Å². The molecule has 3 rings (SSSR count). The standard InChI is InChI=1S/C18H15NO4S/c1-11-5-6-13-12(9-16(20)23-15(13)8-11)10-22-18(21)14-4-3-7-19-17(14)24-2/h3-9H,10H2,1-2H3. The fourth-order valence-electron chi connectivity index (χ4n) is 2.39. The first-order valence-corrected chi connectivity index (χ1v) is 8.50. The highest BCUT2D eigenvalue weighted by Gasteiger charge is 2.14. The van der Waals surface area contributed by atoms with Crippen molar-refractivity contribution >= 4 is 28.7 Å². The molecule has 0 spiro atoms. The molecule has 3 aromatic rings. The largest absolute Gasteiger partial charge is 0.457 e. The normalized spacial score (nSPS) is 10.8. The summed E-state index contributed by atoms with van der Waals surface area (Å²) in [7, 11) is 0. The SMILES string of the molecule is CSc1ncccc1C(=O)OCc1cc(=O)oc2cc(C)ccc12. The Morgan fingerprint density at radius 1 is 1.29 bits per heavy atom. The number of nitrogens with zero attached hydrogens (tertiary/aromatic N) is 1. The van der Waals surface area contributed by atoms with Crippen LogP contribution in [0.2, 0.25) is 0 Å². The van der Waals surface area contributed by atoms with Gasteiger partial charge in [-0.05, 0) is 36.9 Å². The molecule has 24 heavy (non-hydrogen) atoms. The highest BCUT2D eigenvalue weighted by Crippen LogP contribution is 2.21. The third-order valence-corrected chi connectivity index (χ3v) is 4.24. The van der Waals surface area contributed by atoms with Crippen LogP contribution >= 0.6 is 11.8 Å². The van der Waals surface area contributed by atoms with E-state index in [9.17, 15) is 9.59 Å². The number of benzene rings is 1. The van der Waals surface area contributed by atoms with Gasteiger partial charge in [-0.1, -0.05) is 12.1 Å². The number of aromatic nitrogens is 1. The van der Waals surface area contributed by atoms with Crippen LogP contribution in [0.5, 0.6) is 0 Å². The smallest absolute Gasteiger partial charge is 0.341 e. The predicted octanol–water partition coefficient (Wildman–Crippen LogP) is 3.58. The van der Waals surface area contributed by atoms with Crippen LogP contribution < -0.4 is 5.63 Å². The van der Waals surface area contributed by atoms with E-state index < -0.39 is 11.6 Å². The van der Waals surface area contributed by atoms with Gasteiger partial charge in [0, 0.05) is 23.2 Å². The van der Waals surface area contributed by atoms with Gasteiger partial charge in [0.2, 0.25) is 0 Å². The summed E-state index contributed by atoms with van der Waals surface area (Å²) in [6.07, 6.45) is 3.47. The Balaban J connectivity index is 1.88. The Kier molecular flexibility index (Phi) is 4.66. The van der Waals surface area contributed by atoms with Gasteiger partial charge >= 0.3 is 11.6 Å². The molecule has 0 radical (unpaired) electrons. The van der Waals surface area contributed by atoms with E-state index in [1.165, 1.54) is 17.8 Å². The molecule has 5 nitrogen and oxygen atoms in total. The zero-order valence-electron chi connectivity index (χ0n) is 13.2. The summed E-state index contributed by atoms with van der Waals surface area (Å²) in [5, 5.41) is 1.36.